The summed E-state index contributed by atoms with van der Waals surface area (Å²) in [6.07, 6.45) is 2.99. The highest BCUT2D eigenvalue weighted by Gasteiger charge is 2.36. The molecule has 2 amide bonds. The molecular weight excluding hydrogens is 318 g/mol. The zero-order valence-corrected chi connectivity index (χ0v) is 14.8. The topological polar surface area (TPSA) is 75.9 Å². The van der Waals surface area contributed by atoms with E-state index >= 15 is 0 Å². The number of carbonyl (C=O) groups excluding carboxylic acids is 2. The number of rotatable bonds is 6. The van der Waals surface area contributed by atoms with Crippen LogP contribution in [0.25, 0.3) is 0 Å². The molecule has 2 fully saturated rings. The van der Waals surface area contributed by atoms with E-state index in [1.54, 1.807) is 7.11 Å². The van der Waals surface area contributed by atoms with Gasteiger partial charge in [0.05, 0.1) is 7.11 Å². The Labute approximate surface area is 148 Å². The van der Waals surface area contributed by atoms with Gasteiger partial charge in [-0.2, -0.15) is 0 Å². The molecule has 1 aromatic carbocycles. The van der Waals surface area contributed by atoms with Gasteiger partial charge in [0.25, 0.3) is 0 Å². The molecule has 0 aromatic heterocycles. The van der Waals surface area contributed by atoms with E-state index in [2.05, 4.69) is 4.90 Å². The van der Waals surface area contributed by atoms with Gasteiger partial charge in [-0.15, -0.1) is 0 Å². The molecule has 2 saturated heterocycles. The van der Waals surface area contributed by atoms with Gasteiger partial charge in [-0.3, -0.25) is 14.5 Å². The Hall–Kier alpha value is -2.08. The molecule has 0 saturated carbocycles. The number of methoxy groups -OCH3 is 1. The molecule has 0 unspecified atom stereocenters. The van der Waals surface area contributed by atoms with Gasteiger partial charge in [0, 0.05) is 31.5 Å². The molecule has 2 aliphatic rings. The van der Waals surface area contributed by atoms with Crippen LogP contribution in [0.15, 0.2) is 24.3 Å². The molecule has 1 aromatic rings. The zero-order chi connectivity index (χ0) is 17.8. The van der Waals surface area contributed by atoms with Crippen molar-refractivity contribution in [2.45, 2.75) is 31.7 Å². The van der Waals surface area contributed by atoms with E-state index in [-0.39, 0.29) is 17.7 Å². The summed E-state index contributed by atoms with van der Waals surface area (Å²) in [5.41, 5.74) is 6.53. The van der Waals surface area contributed by atoms with Crippen molar-refractivity contribution in [2.24, 2.45) is 11.7 Å². The Morgan fingerprint density at radius 2 is 1.80 bits per heavy atom. The van der Waals surface area contributed by atoms with E-state index in [1.165, 1.54) is 0 Å². The number of carbonyl (C=O) groups is 2. The Morgan fingerprint density at radius 1 is 1.16 bits per heavy atom. The van der Waals surface area contributed by atoms with Crippen LogP contribution < -0.4 is 10.5 Å². The summed E-state index contributed by atoms with van der Waals surface area (Å²) in [5.74, 6) is 0.905. The van der Waals surface area contributed by atoms with Crippen molar-refractivity contribution in [2.75, 3.05) is 33.3 Å². The molecule has 6 nitrogen and oxygen atoms in total. The fraction of sp³-hybridized carbons (Fsp3) is 0.579. The first kappa shape index (κ1) is 17.7. The number of amides is 2. The number of piperidine rings is 1. The molecular formula is C19H27N3O3. The standard InChI is InChI=1S/C19H27N3O3/c1-25-17-5-2-14(3-6-17)4-7-18(23)22-12-16(13-22)21-10-8-15(9-11-21)19(20)24/h2-3,5-6,15-16H,4,7-13H2,1H3,(H2,20,24). The number of ether oxygens (including phenoxy) is 1. The molecule has 2 N–H and O–H groups in total. The van der Waals surface area contributed by atoms with Crippen LogP contribution >= 0.6 is 0 Å². The predicted octanol–water partition coefficient (Wildman–Crippen LogP) is 1.04. The lowest BCUT2D eigenvalue weighted by Gasteiger charge is -2.47. The molecule has 0 aliphatic carbocycles. The van der Waals surface area contributed by atoms with Crippen LogP contribution in [-0.4, -0.2) is 60.9 Å². The maximum Gasteiger partial charge on any atom is 0.223 e. The van der Waals surface area contributed by atoms with Crippen LogP contribution in [0, 0.1) is 5.92 Å². The van der Waals surface area contributed by atoms with Crippen LogP contribution in [-0.2, 0) is 16.0 Å². The lowest BCUT2D eigenvalue weighted by molar-refractivity contribution is -0.139. The van der Waals surface area contributed by atoms with Gasteiger partial charge in [0.1, 0.15) is 5.75 Å². The number of hydrogen-bond acceptors (Lipinski definition) is 4. The highest BCUT2D eigenvalue weighted by molar-refractivity contribution is 5.77. The van der Waals surface area contributed by atoms with Crippen LogP contribution in [0.2, 0.25) is 0 Å². The highest BCUT2D eigenvalue weighted by atomic mass is 16.5. The lowest BCUT2D eigenvalue weighted by Crippen LogP contribution is -2.62. The number of nitrogens with zero attached hydrogens (tertiary/aromatic N) is 2. The molecule has 25 heavy (non-hydrogen) atoms. The van der Waals surface area contributed by atoms with Crippen LogP contribution in [0.4, 0.5) is 0 Å². The van der Waals surface area contributed by atoms with Crippen molar-refractivity contribution in [3.63, 3.8) is 0 Å². The first-order chi connectivity index (χ1) is 12.1. The molecule has 3 rings (SSSR count). The average Bonchev–Trinajstić information content (AvgIpc) is 2.59. The summed E-state index contributed by atoms with van der Waals surface area (Å²) in [6, 6.07) is 8.31. The summed E-state index contributed by atoms with van der Waals surface area (Å²) in [4.78, 5) is 27.9. The first-order valence-corrected chi connectivity index (χ1v) is 9.01. The molecule has 0 bridgehead atoms. The number of aryl methyl sites for hydroxylation is 1. The van der Waals surface area contributed by atoms with E-state index < -0.39 is 0 Å². The fourth-order valence-corrected chi connectivity index (χ4v) is 3.64. The minimum absolute atomic E-state index is 0.0264. The van der Waals surface area contributed by atoms with Crippen LogP contribution in [0.3, 0.4) is 0 Å². The fourth-order valence-electron chi connectivity index (χ4n) is 3.64. The summed E-state index contributed by atoms with van der Waals surface area (Å²) >= 11 is 0. The van der Waals surface area contributed by atoms with Gasteiger partial charge in [-0.05, 0) is 50.0 Å². The second-order valence-electron chi connectivity index (χ2n) is 7.01. The van der Waals surface area contributed by atoms with Crippen molar-refractivity contribution in [1.29, 1.82) is 0 Å². The molecule has 6 heteroatoms. The molecule has 2 aliphatic heterocycles. The third kappa shape index (κ3) is 4.31. The van der Waals surface area contributed by atoms with Gasteiger partial charge in [0.2, 0.25) is 11.8 Å². The van der Waals surface area contributed by atoms with Crippen molar-refractivity contribution >= 4 is 11.8 Å². The Balaban J connectivity index is 1.37. The van der Waals surface area contributed by atoms with Gasteiger partial charge in [-0.25, -0.2) is 0 Å². The zero-order valence-electron chi connectivity index (χ0n) is 14.8. The van der Waals surface area contributed by atoms with E-state index in [4.69, 9.17) is 10.5 Å². The minimum Gasteiger partial charge on any atom is -0.497 e. The quantitative estimate of drug-likeness (QED) is 0.836. The van der Waals surface area contributed by atoms with Gasteiger partial charge in [-0.1, -0.05) is 12.1 Å². The van der Waals surface area contributed by atoms with Gasteiger partial charge < -0.3 is 15.4 Å². The van der Waals surface area contributed by atoms with Gasteiger partial charge in [0.15, 0.2) is 0 Å². The normalized spacial score (nSPS) is 19.5. The molecule has 2 heterocycles. The highest BCUT2D eigenvalue weighted by Crippen LogP contribution is 2.24. The Kier molecular flexibility index (Phi) is 5.58. The van der Waals surface area contributed by atoms with E-state index in [1.807, 2.05) is 29.2 Å². The largest absolute Gasteiger partial charge is 0.497 e. The Morgan fingerprint density at radius 3 is 2.36 bits per heavy atom. The number of likely N-dealkylation sites (tertiary alicyclic amines) is 2. The molecule has 136 valence electrons. The third-order valence-electron chi connectivity index (χ3n) is 5.45. The molecule has 0 radical (unpaired) electrons. The molecule has 0 spiro atoms. The first-order valence-electron chi connectivity index (χ1n) is 9.01. The summed E-state index contributed by atoms with van der Waals surface area (Å²) < 4.78 is 5.14. The Bertz CT molecular complexity index is 603. The number of benzene rings is 1. The summed E-state index contributed by atoms with van der Waals surface area (Å²) in [6.45, 7) is 3.43. The van der Waals surface area contributed by atoms with E-state index in [9.17, 15) is 9.59 Å². The maximum atomic E-state index is 12.3. The maximum absolute atomic E-state index is 12.3. The monoisotopic (exact) mass is 345 g/mol. The second kappa shape index (κ2) is 7.87. The SMILES string of the molecule is COc1ccc(CCC(=O)N2CC(N3CCC(C(N)=O)CC3)C2)cc1. The van der Waals surface area contributed by atoms with Crippen molar-refractivity contribution in [3.8, 4) is 5.75 Å². The average molecular weight is 345 g/mol. The van der Waals surface area contributed by atoms with E-state index in [0.717, 1.165) is 56.8 Å². The van der Waals surface area contributed by atoms with Crippen molar-refractivity contribution in [1.82, 2.24) is 9.80 Å². The smallest absolute Gasteiger partial charge is 0.223 e. The summed E-state index contributed by atoms with van der Waals surface area (Å²) in [7, 11) is 1.65. The third-order valence-corrected chi connectivity index (χ3v) is 5.45. The lowest BCUT2D eigenvalue weighted by atomic mass is 9.93. The van der Waals surface area contributed by atoms with E-state index in [0.29, 0.717) is 12.5 Å². The second-order valence-corrected chi connectivity index (χ2v) is 7.01. The van der Waals surface area contributed by atoms with Crippen molar-refractivity contribution in [3.05, 3.63) is 29.8 Å². The van der Waals surface area contributed by atoms with Gasteiger partial charge >= 0.3 is 0 Å². The molecule has 0 atom stereocenters. The minimum atomic E-state index is -0.177. The number of nitrogens with two attached hydrogens (primary N) is 1. The predicted molar refractivity (Wildman–Crippen MR) is 95.2 cm³/mol. The van der Waals surface area contributed by atoms with Crippen LogP contribution in [0.5, 0.6) is 5.75 Å². The van der Waals surface area contributed by atoms with Crippen LogP contribution in [0.1, 0.15) is 24.8 Å². The number of primary amides is 1. The van der Waals surface area contributed by atoms with Crippen molar-refractivity contribution < 1.29 is 14.3 Å². The number of hydrogen-bond donors (Lipinski definition) is 1. The summed E-state index contributed by atoms with van der Waals surface area (Å²) in [5, 5.41) is 0.